The second-order valence-electron chi connectivity index (χ2n) is 4.04. The summed E-state index contributed by atoms with van der Waals surface area (Å²) in [5.74, 6) is -2.73. The molecular weight excluding hydrogens is 333 g/mol. The minimum absolute atomic E-state index is 0.580. The molecule has 0 bridgehead atoms. The van der Waals surface area contributed by atoms with Crippen LogP contribution in [0.5, 0.6) is 0 Å². The summed E-state index contributed by atoms with van der Waals surface area (Å²) in [5.41, 5.74) is 1.10. The largest absolute Gasteiger partial charge is 0.473 e. The second-order valence-corrected chi connectivity index (χ2v) is 4.86. The summed E-state index contributed by atoms with van der Waals surface area (Å²) < 4.78 is 5.20. The van der Waals surface area contributed by atoms with E-state index in [1.54, 1.807) is 12.3 Å². The first-order valence-corrected chi connectivity index (χ1v) is 6.79. The van der Waals surface area contributed by atoms with Gasteiger partial charge >= 0.3 is 11.9 Å². The zero-order chi connectivity index (χ0) is 16.5. The van der Waals surface area contributed by atoms with Gasteiger partial charge < -0.3 is 19.9 Å². The van der Waals surface area contributed by atoms with Crippen LogP contribution in [0.3, 0.4) is 0 Å². The molecule has 0 atom stereocenters. The van der Waals surface area contributed by atoms with Crippen molar-refractivity contribution in [2.45, 2.75) is 13.1 Å². The van der Waals surface area contributed by atoms with Gasteiger partial charge in [0, 0.05) is 6.54 Å². The molecule has 0 amide bonds. The number of aliphatic carboxylic acids is 2. The van der Waals surface area contributed by atoms with E-state index >= 15 is 0 Å². The van der Waals surface area contributed by atoms with Gasteiger partial charge in [-0.05, 0) is 29.8 Å². The Hall–Kier alpha value is -2.02. The van der Waals surface area contributed by atoms with Crippen molar-refractivity contribution < 1.29 is 24.2 Å². The number of rotatable bonds is 4. The van der Waals surface area contributed by atoms with E-state index in [4.69, 9.17) is 47.4 Å². The van der Waals surface area contributed by atoms with Gasteiger partial charge in [0.05, 0.1) is 22.9 Å². The van der Waals surface area contributed by atoms with Crippen molar-refractivity contribution >= 4 is 35.1 Å². The quantitative estimate of drug-likeness (QED) is 0.736. The Morgan fingerprint density at radius 2 is 1.73 bits per heavy atom. The average Bonchev–Trinajstić information content (AvgIpc) is 2.96. The van der Waals surface area contributed by atoms with Crippen molar-refractivity contribution in [2.75, 3.05) is 0 Å². The molecule has 0 aliphatic carbocycles. The monoisotopic (exact) mass is 345 g/mol. The van der Waals surface area contributed by atoms with Gasteiger partial charge in [-0.2, -0.15) is 0 Å². The minimum atomic E-state index is -1.82. The zero-order valence-electron chi connectivity index (χ0n) is 11.3. The van der Waals surface area contributed by atoms with E-state index in [-0.39, 0.29) is 0 Å². The normalized spacial score (nSPS) is 9.73. The summed E-state index contributed by atoms with van der Waals surface area (Å²) in [6.07, 6.45) is 1.66. The van der Waals surface area contributed by atoms with Crippen LogP contribution in [0.4, 0.5) is 0 Å². The highest BCUT2D eigenvalue weighted by Crippen LogP contribution is 2.22. The Morgan fingerprint density at radius 3 is 2.23 bits per heavy atom. The Labute approximate surface area is 136 Å². The first-order valence-electron chi connectivity index (χ1n) is 6.03. The standard InChI is InChI=1S/C12H11Cl2NO.C2H2O4/c13-11-4-3-9(6-12(11)14)7-15-8-10-2-1-5-16-10;3-1(4)2(5)6/h1-6,15H,7-8H2;(H,3,4)(H,5,6). The van der Waals surface area contributed by atoms with Gasteiger partial charge in [0.1, 0.15) is 5.76 Å². The van der Waals surface area contributed by atoms with Crippen LogP contribution in [0.15, 0.2) is 41.0 Å². The highest BCUT2D eigenvalue weighted by molar-refractivity contribution is 6.42. The lowest BCUT2D eigenvalue weighted by Gasteiger charge is -2.04. The van der Waals surface area contributed by atoms with Crippen LogP contribution in [0, 0.1) is 0 Å². The van der Waals surface area contributed by atoms with E-state index in [2.05, 4.69) is 5.32 Å². The number of hydrogen-bond acceptors (Lipinski definition) is 4. The molecule has 118 valence electrons. The number of nitrogens with one attached hydrogen (secondary N) is 1. The third kappa shape index (κ3) is 6.62. The van der Waals surface area contributed by atoms with Crippen LogP contribution in [0.2, 0.25) is 10.0 Å². The molecule has 0 spiro atoms. The highest BCUT2D eigenvalue weighted by atomic mass is 35.5. The number of carbonyl (C=O) groups is 2. The first kappa shape index (κ1) is 18.0. The van der Waals surface area contributed by atoms with E-state index in [1.165, 1.54) is 0 Å². The Balaban J connectivity index is 0.000000346. The molecule has 0 saturated heterocycles. The van der Waals surface area contributed by atoms with Crippen LogP contribution in [0.1, 0.15) is 11.3 Å². The number of halogens is 2. The summed E-state index contributed by atoms with van der Waals surface area (Å²) in [6.45, 7) is 1.44. The molecular formula is C14H13Cl2NO5. The summed E-state index contributed by atoms with van der Waals surface area (Å²) in [4.78, 5) is 18.2. The molecule has 0 aliphatic heterocycles. The van der Waals surface area contributed by atoms with Crippen LogP contribution in [0.25, 0.3) is 0 Å². The third-order valence-corrected chi connectivity index (χ3v) is 3.11. The highest BCUT2D eigenvalue weighted by Gasteiger charge is 2.04. The maximum Gasteiger partial charge on any atom is 0.414 e. The van der Waals surface area contributed by atoms with E-state index in [9.17, 15) is 0 Å². The molecule has 0 fully saturated rings. The summed E-state index contributed by atoms with van der Waals surface area (Å²) in [7, 11) is 0. The molecule has 0 aliphatic rings. The van der Waals surface area contributed by atoms with Crippen LogP contribution >= 0.6 is 23.2 Å². The van der Waals surface area contributed by atoms with Gasteiger partial charge in [-0.1, -0.05) is 29.3 Å². The van der Waals surface area contributed by atoms with Crippen molar-refractivity contribution in [1.82, 2.24) is 5.32 Å². The molecule has 6 nitrogen and oxygen atoms in total. The fraction of sp³-hybridized carbons (Fsp3) is 0.143. The second kappa shape index (κ2) is 9.09. The summed E-state index contributed by atoms with van der Waals surface area (Å²) >= 11 is 11.7. The maximum atomic E-state index is 9.10. The lowest BCUT2D eigenvalue weighted by molar-refractivity contribution is -0.159. The molecule has 1 aromatic carbocycles. The zero-order valence-corrected chi connectivity index (χ0v) is 12.8. The van der Waals surface area contributed by atoms with E-state index in [0.29, 0.717) is 16.6 Å². The van der Waals surface area contributed by atoms with Gasteiger partial charge in [0.2, 0.25) is 0 Å². The van der Waals surface area contributed by atoms with E-state index < -0.39 is 11.9 Å². The third-order valence-electron chi connectivity index (χ3n) is 2.38. The lowest BCUT2D eigenvalue weighted by Crippen LogP contribution is -2.11. The van der Waals surface area contributed by atoms with Crippen molar-refractivity contribution in [1.29, 1.82) is 0 Å². The first-order chi connectivity index (χ1) is 10.4. The minimum Gasteiger partial charge on any atom is -0.473 e. The SMILES string of the molecule is Clc1ccc(CNCc2ccco2)cc1Cl.O=C(O)C(=O)O. The van der Waals surface area contributed by atoms with Gasteiger partial charge in [-0.25, -0.2) is 9.59 Å². The van der Waals surface area contributed by atoms with Crippen molar-refractivity contribution in [3.63, 3.8) is 0 Å². The average molecular weight is 346 g/mol. The van der Waals surface area contributed by atoms with Crippen molar-refractivity contribution in [3.8, 4) is 0 Å². The van der Waals surface area contributed by atoms with Crippen LogP contribution < -0.4 is 5.32 Å². The molecule has 0 unspecified atom stereocenters. The topological polar surface area (TPSA) is 99.8 Å². The number of hydrogen-bond donors (Lipinski definition) is 3. The molecule has 8 heteroatoms. The smallest absolute Gasteiger partial charge is 0.414 e. The molecule has 1 heterocycles. The van der Waals surface area contributed by atoms with E-state index in [0.717, 1.165) is 17.9 Å². The van der Waals surface area contributed by atoms with Crippen molar-refractivity contribution in [3.05, 3.63) is 58.0 Å². The van der Waals surface area contributed by atoms with Gasteiger partial charge in [0.15, 0.2) is 0 Å². The number of carboxylic acids is 2. The molecule has 0 radical (unpaired) electrons. The Kier molecular flexibility index (Phi) is 7.45. The van der Waals surface area contributed by atoms with Gasteiger partial charge in [0.25, 0.3) is 0 Å². The number of carboxylic acid groups (broad SMARTS) is 2. The molecule has 0 saturated carbocycles. The molecule has 22 heavy (non-hydrogen) atoms. The van der Waals surface area contributed by atoms with Crippen molar-refractivity contribution in [2.24, 2.45) is 0 Å². The fourth-order valence-corrected chi connectivity index (χ4v) is 1.71. The van der Waals surface area contributed by atoms with Crippen LogP contribution in [-0.2, 0) is 22.7 Å². The number of furan rings is 1. The van der Waals surface area contributed by atoms with Gasteiger partial charge in [-0.15, -0.1) is 0 Å². The predicted molar refractivity (Wildman–Crippen MR) is 81.0 cm³/mol. The molecule has 2 rings (SSSR count). The fourth-order valence-electron chi connectivity index (χ4n) is 1.39. The molecule has 1 aromatic heterocycles. The molecule has 3 N–H and O–H groups in total. The number of benzene rings is 1. The Morgan fingerprint density at radius 1 is 1.05 bits per heavy atom. The summed E-state index contributed by atoms with van der Waals surface area (Å²) in [5, 5.41) is 19.2. The molecule has 2 aromatic rings. The van der Waals surface area contributed by atoms with E-state index in [1.807, 2.05) is 24.3 Å². The lowest BCUT2D eigenvalue weighted by atomic mass is 10.2. The summed E-state index contributed by atoms with van der Waals surface area (Å²) in [6, 6.07) is 9.41. The predicted octanol–water partition coefficient (Wildman–Crippen LogP) is 3.03. The van der Waals surface area contributed by atoms with Crippen LogP contribution in [-0.4, -0.2) is 22.2 Å². The van der Waals surface area contributed by atoms with Gasteiger partial charge in [-0.3, -0.25) is 0 Å². The maximum absolute atomic E-state index is 9.10. The Bertz CT molecular complexity index is 616.